The van der Waals surface area contributed by atoms with Crippen molar-refractivity contribution < 1.29 is 9.47 Å². The Balaban J connectivity index is 1.59. The van der Waals surface area contributed by atoms with Crippen LogP contribution >= 0.6 is 0 Å². The monoisotopic (exact) mass is 365 g/mol. The van der Waals surface area contributed by atoms with E-state index >= 15 is 0 Å². The summed E-state index contributed by atoms with van der Waals surface area (Å²) in [6.07, 6.45) is 11.6. The largest absolute Gasteiger partial charge is 0.493 e. The van der Waals surface area contributed by atoms with Gasteiger partial charge in [-0.3, -0.25) is 0 Å². The molecule has 27 heavy (non-hydrogen) atoms. The number of fused-ring (bicyclic) bond motifs is 1. The van der Waals surface area contributed by atoms with E-state index in [1.807, 2.05) is 10.6 Å². The zero-order chi connectivity index (χ0) is 18.6. The maximum absolute atomic E-state index is 6.22. The molecule has 1 radical (unpaired) electrons. The van der Waals surface area contributed by atoms with Crippen molar-refractivity contribution in [3.63, 3.8) is 0 Å². The molecule has 0 N–H and O–H groups in total. The Kier molecular flexibility index (Phi) is 5.23. The molecule has 1 aliphatic carbocycles. The molecule has 2 aliphatic heterocycles. The lowest BCUT2D eigenvalue weighted by atomic mass is 10.2. The van der Waals surface area contributed by atoms with Crippen molar-refractivity contribution in [3.05, 3.63) is 42.1 Å². The number of aromatic nitrogens is 4. The van der Waals surface area contributed by atoms with Crippen LogP contribution in [0.15, 0.2) is 24.5 Å². The molecule has 0 amide bonds. The van der Waals surface area contributed by atoms with E-state index in [4.69, 9.17) is 9.47 Å². The van der Waals surface area contributed by atoms with E-state index in [1.165, 1.54) is 12.8 Å². The third kappa shape index (κ3) is 3.89. The van der Waals surface area contributed by atoms with Crippen molar-refractivity contribution >= 4 is 0 Å². The van der Waals surface area contributed by atoms with Gasteiger partial charge in [0.05, 0.1) is 26.1 Å². The molecule has 1 saturated carbocycles. The van der Waals surface area contributed by atoms with Gasteiger partial charge >= 0.3 is 0 Å². The Morgan fingerprint density at radius 2 is 2.04 bits per heavy atom. The molecule has 1 fully saturated rings. The number of ether oxygens (including phenoxy) is 2. The van der Waals surface area contributed by atoms with Gasteiger partial charge in [0.25, 0.3) is 0 Å². The second kappa shape index (κ2) is 7.94. The predicted octanol–water partition coefficient (Wildman–Crippen LogP) is 3.91. The van der Waals surface area contributed by atoms with Crippen molar-refractivity contribution in [1.82, 2.24) is 19.5 Å². The summed E-state index contributed by atoms with van der Waals surface area (Å²) in [6.45, 7) is 2.77. The number of imidazole rings is 1. The van der Waals surface area contributed by atoms with Crippen LogP contribution in [0.5, 0.6) is 11.5 Å². The first-order valence-electron chi connectivity index (χ1n) is 9.70. The Bertz CT molecular complexity index is 871. The van der Waals surface area contributed by atoms with Crippen LogP contribution in [0.3, 0.4) is 0 Å². The number of hydrogen-bond donors (Lipinski definition) is 0. The standard InChI is InChI=1S/C21H25N4O2/c1-3-6-20-23-17-12-22-14-25(21(17)24-20)13-15-9-10-18(26-2)19(11-15)27-16-7-4-5-8-16/h9-11,14,16H,3-8,13H2,1-2H3. The number of methoxy groups -OCH3 is 1. The van der Waals surface area contributed by atoms with Crippen LogP contribution in [-0.4, -0.2) is 32.7 Å². The average molecular weight is 365 g/mol. The highest BCUT2D eigenvalue weighted by Crippen LogP contribution is 2.33. The lowest BCUT2D eigenvalue weighted by molar-refractivity contribution is 0.200. The Morgan fingerprint density at radius 1 is 1.19 bits per heavy atom. The Morgan fingerprint density at radius 3 is 2.81 bits per heavy atom. The summed E-state index contributed by atoms with van der Waals surface area (Å²) >= 11 is 0. The highest BCUT2D eigenvalue weighted by atomic mass is 16.5. The Labute approximate surface area is 159 Å². The molecule has 0 unspecified atom stereocenters. The van der Waals surface area contributed by atoms with Gasteiger partial charge in [-0.05, 0) is 49.8 Å². The summed E-state index contributed by atoms with van der Waals surface area (Å²) < 4.78 is 13.7. The molecule has 0 aromatic heterocycles. The van der Waals surface area contributed by atoms with Gasteiger partial charge in [0, 0.05) is 6.42 Å². The molecule has 1 aromatic carbocycles. The fourth-order valence-electron chi connectivity index (χ4n) is 3.61. The van der Waals surface area contributed by atoms with Gasteiger partial charge in [0.15, 0.2) is 17.3 Å². The van der Waals surface area contributed by atoms with E-state index in [1.54, 1.807) is 13.4 Å². The van der Waals surface area contributed by atoms with Gasteiger partial charge in [0.1, 0.15) is 17.7 Å². The SMILES string of the molecule is CCCc1nc2[c]ncn(Cc3ccc(OC)c(OC4CCCC4)c3)c-2n1. The van der Waals surface area contributed by atoms with Gasteiger partial charge < -0.3 is 14.0 Å². The topological polar surface area (TPSA) is 62.1 Å². The van der Waals surface area contributed by atoms with Crippen LogP contribution in [0, 0.1) is 6.20 Å². The van der Waals surface area contributed by atoms with E-state index in [0.29, 0.717) is 12.6 Å². The first-order chi connectivity index (χ1) is 13.3. The second-order valence-corrected chi connectivity index (χ2v) is 7.06. The molecular formula is C21H25N4O2. The Hall–Kier alpha value is -2.63. The molecule has 3 aliphatic rings. The van der Waals surface area contributed by atoms with Crippen LogP contribution in [-0.2, 0) is 13.0 Å². The molecule has 4 rings (SSSR count). The lowest BCUT2D eigenvalue weighted by Gasteiger charge is -2.17. The van der Waals surface area contributed by atoms with Crippen LogP contribution in [0.4, 0.5) is 0 Å². The third-order valence-corrected chi connectivity index (χ3v) is 4.98. The number of aryl methyl sites for hydroxylation is 1. The average Bonchev–Trinajstić information content (AvgIpc) is 3.32. The first kappa shape index (κ1) is 17.8. The minimum Gasteiger partial charge on any atom is -0.493 e. The maximum atomic E-state index is 6.22. The zero-order valence-corrected chi connectivity index (χ0v) is 15.9. The first-order valence-corrected chi connectivity index (χ1v) is 9.70. The molecule has 0 spiro atoms. The van der Waals surface area contributed by atoms with E-state index < -0.39 is 0 Å². The van der Waals surface area contributed by atoms with Gasteiger partial charge in [-0.25, -0.2) is 15.0 Å². The zero-order valence-electron chi connectivity index (χ0n) is 15.9. The molecule has 0 atom stereocenters. The van der Waals surface area contributed by atoms with Crippen molar-refractivity contribution in [2.45, 2.75) is 58.1 Å². The van der Waals surface area contributed by atoms with Crippen LogP contribution in [0.25, 0.3) is 11.5 Å². The van der Waals surface area contributed by atoms with Crippen molar-refractivity contribution in [2.24, 2.45) is 0 Å². The molecule has 1 aromatic rings. The van der Waals surface area contributed by atoms with Crippen molar-refractivity contribution in [3.8, 4) is 23.0 Å². The minimum atomic E-state index is 0.291. The molecule has 2 heterocycles. The van der Waals surface area contributed by atoms with Gasteiger partial charge in [-0.2, -0.15) is 0 Å². The van der Waals surface area contributed by atoms with Gasteiger partial charge in [-0.1, -0.05) is 13.0 Å². The second-order valence-electron chi connectivity index (χ2n) is 7.06. The number of hydrogen-bond acceptors (Lipinski definition) is 5. The normalized spacial score (nSPS) is 14.7. The van der Waals surface area contributed by atoms with Crippen LogP contribution in [0.2, 0.25) is 0 Å². The van der Waals surface area contributed by atoms with E-state index in [0.717, 1.165) is 60.1 Å². The molecular weight excluding hydrogens is 340 g/mol. The molecule has 6 nitrogen and oxygen atoms in total. The van der Waals surface area contributed by atoms with Crippen molar-refractivity contribution in [2.75, 3.05) is 7.11 Å². The number of rotatable bonds is 7. The highest BCUT2D eigenvalue weighted by Gasteiger charge is 2.19. The molecule has 6 heteroatoms. The summed E-state index contributed by atoms with van der Waals surface area (Å²) in [5.41, 5.74) is 1.83. The summed E-state index contributed by atoms with van der Waals surface area (Å²) in [6, 6.07) is 6.09. The number of benzene rings is 1. The lowest BCUT2D eigenvalue weighted by Crippen LogP contribution is -2.12. The summed E-state index contributed by atoms with van der Waals surface area (Å²) in [7, 11) is 1.68. The number of nitrogens with zero attached hydrogens (tertiary/aromatic N) is 4. The summed E-state index contributed by atoms with van der Waals surface area (Å²) in [4.78, 5) is 13.4. The third-order valence-electron chi connectivity index (χ3n) is 4.98. The van der Waals surface area contributed by atoms with Crippen LogP contribution < -0.4 is 9.47 Å². The maximum Gasteiger partial charge on any atom is 0.164 e. The summed E-state index contributed by atoms with van der Waals surface area (Å²) in [5, 5.41) is 0. The van der Waals surface area contributed by atoms with Gasteiger partial charge in [-0.15, -0.1) is 0 Å². The van der Waals surface area contributed by atoms with E-state index in [9.17, 15) is 0 Å². The van der Waals surface area contributed by atoms with E-state index in [2.05, 4.69) is 40.2 Å². The summed E-state index contributed by atoms with van der Waals surface area (Å²) in [5.74, 6) is 3.26. The predicted molar refractivity (Wildman–Crippen MR) is 102 cm³/mol. The highest BCUT2D eigenvalue weighted by molar-refractivity contribution is 5.50. The fraction of sp³-hybridized carbons (Fsp3) is 0.476. The molecule has 0 bridgehead atoms. The van der Waals surface area contributed by atoms with Gasteiger partial charge in [0.2, 0.25) is 0 Å². The molecule has 141 valence electrons. The molecule has 0 saturated heterocycles. The quantitative estimate of drug-likeness (QED) is 0.635. The minimum absolute atomic E-state index is 0.291. The smallest absolute Gasteiger partial charge is 0.164 e. The fourth-order valence-corrected chi connectivity index (χ4v) is 3.61. The van der Waals surface area contributed by atoms with Crippen molar-refractivity contribution in [1.29, 1.82) is 0 Å². The van der Waals surface area contributed by atoms with Crippen LogP contribution in [0.1, 0.15) is 50.4 Å². The van der Waals surface area contributed by atoms with E-state index in [-0.39, 0.29) is 0 Å².